The second-order valence-electron chi connectivity index (χ2n) is 4.24. The number of rotatable bonds is 3. The molecule has 1 aromatic heterocycles. The third-order valence-corrected chi connectivity index (χ3v) is 3.13. The van der Waals surface area contributed by atoms with Crippen LogP contribution in [0.3, 0.4) is 0 Å². The van der Waals surface area contributed by atoms with Crippen molar-refractivity contribution in [1.29, 1.82) is 0 Å². The van der Waals surface area contributed by atoms with Crippen LogP contribution < -0.4 is 0 Å². The van der Waals surface area contributed by atoms with Gasteiger partial charge in [-0.3, -0.25) is 4.79 Å². The van der Waals surface area contributed by atoms with Crippen LogP contribution in [-0.2, 0) is 20.7 Å². The van der Waals surface area contributed by atoms with E-state index in [1.165, 1.54) is 0 Å². The fourth-order valence-electron chi connectivity index (χ4n) is 2.03. The highest BCUT2D eigenvalue weighted by molar-refractivity contribution is 6.01. The molecule has 6 nitrogen and oxygen atoms in total. The number of cyclic esters (lactones) is 2. The second kappa shape index (κ2) is 3.96. The lowest BCUT2D eigenvalue weighted by Gasteiger charge is -2.21. The first-order valence-electron chi connectivity index (χ1n) is 5.46. The number of carbonyl (C=O) groups excluding carboxylic acids is 2. The molecule has 2 rings (SSSR count). The van der Waals surface area contributed by atoms with Gasteiger partial charge in [-0.1, -0.05) is 6.92 Å². The van der Waals surface area contributed by atoms with Gasteiger partial charge in [0.25, 0.3) is 0 Å². The predicted molar refractivity (Wildman–Crippen MR) is 56.9 cm³/mol. The lowest BCUT2D eigenvalue weighted by Crippen LogP contribution is -2.41. The van der Waals surface area contributed by atoms with E-state index in [4.69, 9.17) is 0 Å². The van der Waals surface area contributed by atoms with Crippen molar-refractivity contribution in [2.75, 3.05) is 0 Å². The molecule has 92 valence electrons. The summed E-state index contributed by atoms with van der Waals surface area (Å²) in [6.45, 7) is 3.43. The van der Waals surface area contributed by atoms with Crippen LogP contribution in [0.15, 0.2) is 6.20 Å². The summed E-state index contributed by atoms with van der Waals surface area (Å²) in [6.07, 6.45) is 1.95. The summed E-state index contributed by atoms with van der Waals surface area (Å²) < 4.78 is 4.50. The Morgan fingerprint density at radius 1 is 1.59 bits per heavy atom. The highest BCUT2D eigenvalue weighted by Gasteiger charge is 2.55. The van der Waals surface area contributed by atoms with Gasteiger partial charge in [0.1, 0.15) is 11.7 Å². The molecule has 0 aliphatic carbocycles. The van der Waals surface area contributed by atoms with E-state index in [1.54, 1.807) is 20.0 Å². The first-order chi connectivity index (χ1) is 7.97. The van der Waals surface area contributed by atoms with Crippen molar-refractivity contribution in [3.8, 4) is 0 Å². The number of carbonyl (C=O) groups is 2. The minimum atomic E-state index is -1.71. The molecule has 1 fully saturated rings. The zero-order valence-corrected chi connectivity index (χ0v) is 9.69. The average Bonchev–Trinajstić information content (AvgIpc) is 2.77. The third kappa shape index (κ3) is 1.84. The van der Waals surface area contributed by atoms with Gasteiger partial charge in [-0.25, -0.2) is 9.78 Å². The second-order valence-corrected chi connectivity index (χ2v) is 4.24. The molecule has 2 N–H and O–H groups in total. The first kappa shape index (κ1) is 11.8. The number of ether oxygens (including phenoxy) is 1. The van der Waals surface area contributed by atoms with E-state index >= 15 is 0 Å². The summed E-state index contributed by atoms with van der Waals surface area (Å²) in [7, 11) is 0. The Balaban J connectivity index is 2.24. The number of aromatic nitrogens is 2. The quantitative estimate of drug-likeness (QED) is 0.575. The number of aromatic amines is 1. The third-order valence-electron chi connectivity index (χ3n) is 3.13. The summed E-state index contributed by atoms with van der Waals surface area (Å²) in [4.78, 5) is 29.9. The molecule has 0 saturated carbocycles. The van der Waals surface area contributed by atoms with E-state index in [0.29, 0.717) is 5.69 Å². The van der Waals surface area contributed by atoms with Crippen LogP contribution in [0.1, 0.15) is 24.9 Å². The van der Waals surface area contributed by atoms with Crippen molar-refractivity contribution in [2.45, 2.75) is 32.3 Å². The highest BCUT2D eigenvalue weighted by Crippen LogP contribution is 2.33. The fraction of sp³-hybridized carbons (Fsp3) is 0.545. The van der Waals surface area contributed by atoms with E-state index in [0.717, 1.165) is 5.82 Å². The Morgan fingerprint density at radius 2 is 2.29 bits per heavy atom. The Labute approximate surface area is 98.0 Å². The van der Waals surface area contributed by atoms with Crippen molar-refractivity contribution in [1.82, 2.24) is 9.97 Å². The molecule has 2 heterocycles. The van der Waals surface area contributed by atoms with Crippen LogP contribution in [0.5, 0.6) is 0 Å². The smallest absolute Gasteiger partial charge is 0.346 e. The lowest BCUT2D eigenvalue weighted by molar-refractivity contribution is -0.158. The molecule has 0 spiro atoms. The van der Waals surface area contributed by atoms with Crippen LogP contribution in [0.25, 0.3) is 0 Å². The zero-order chi connectivity index (χ0) is 12.6. The molecule has 1 aliphatic heterocycles. The summed E-state index contributed by atoms with van der Waals surface area (Å²) in [5.74, 6) is -1.67. The number of nitrogens with one attached hydrogen (secondary N) is 1. The minimum absolute atomic E-state index is 0.148. The van der Waals surface area contributed by atoms with Crippen LogP contribution in [-0.4, -0.2) is 32.6 Å². The number of imidazole rings is 1. The first-order valence-corrected chi connectivity index (χ1v) is 5.46. The zero-order valence-electron chi connectivity index (χ0n) is 9.69. The summed E-state index contributed by atoms with van der Waals surface area (Å²) in [5.41, 5.74) is -1.01. The number of aryl methyl sites for hydroxylation is 1. The van der Waals surface area contributed by atoms with Gasteiger partial charge in [0.2, 0.25) is 0 Å². The van der Waals surface area contributed by atoms with Gasteiger partial charge in [0, 0.05) is 18.3 Å². The maximum atomic E-state index is 11.5. The van der Waals surface area contributed by atoms with Crippen molar-refractivity contribution in [3.05, 3.63) is 17.7 Å². The van der Waals surface area contributed by atoms with Crippen molar-refractivity contribution < 1.29 is 19.4 Å². The SMILES string of the molecule is CC[C@@]1(O)C(=O)OC(=O)C1Cc1cnc(C)[nH]1. The summed E-state index contributed by atoms with van der Waals surface area (Å²) in [5, 5.41) is 10.1. The van der Waals surface area contributed by atoms with Gasteiger partial charge in [-0.2, -0.15) is 0 Å². The van der Waals surface area contributed by atoms with Crippen molar-refractivity contribution in [2.24, 2.45) is 5.92 Å². The molecular weight excluding hydrogens is 224 g/mol. The molecule has 0 bridgehead atoms. The molecule has 1 aromatic rings. The van der Waals surface area contributed by atoms with Gasteiger partial charge in [-0.15, -0.1) is 0 Å². The Kier molecular flexibility index (Phi) is 2.74. The van der Waals surface area contributed by atoms with Gasteiger partial charge >= 0.3 is 11.9 Å². The van der Waals surface area contributed by atoms with Gasteiger partial charge < -0.3 is 14.8 Å². The maximum absolute atomic E-state index is 11.5. The molecule has 2 atom stereocenters. The highest BCUT2D eigenvalue weighted by atomic mass is 16.6. The number of aliphatic hydroxyl groups is 1. The Morgan fingerprint density at radius 3 is 2.82 bits per heavy atom. The number of H-pyrrole nitrogens is 1. The lowest BCUT2D eigenvalue weighted by atomic mass is 9.84. The molecule has 1 saturated heterocycles. The van der Waals surface area contributed by atoms with Crippen molar-refractivity contribution in [3.63, 3.8) is 0 Å². The molecule has 0 aromatic carbocycles. The van der Waals surface area contributed by atoms with Crippen LogP contribution >= 0.6 is 0 Å². The molecule has 17 heavy (non-hydrogen) atoms. The topological polar surface area (TPSA) is 92.3 Å². The predicted octanol–water partition coefficient (Wildman–Crippen LogP) is 0.101. The van der Waals surface area contributed by atoms with Crippen LogP contribution in [0.2, 0.25) is 0 Å². The fourth-order valence-corrected chi connectivity index (χ4v) is 2.03. The molecular formula is C11H14N2O4. The monoisotopic (exact) mass is 238 g/mol. The number of esters is 2. The number of hydrogen-bond donors (Lipinski definition) is 2. The molecule has 0 amide bonds. The largest absolute Gasteiger partial charge is 0.391 e. The number of nitrogens with zero attached hydrogens (tertiary/aromatic N) is 1. The molecule has 0 radical (unpaired) electrons. The van der Waals surface area contributed by atoms with Crippen LogP contribution in [0, 0.1) is 12.8 Å². The van der Waals surface area contributed by atoms with E-state index in [1.807, 2.05) is 0 Å². The van der Waals surface area contributed by atoms with E-state index in [-0.39, 0.29) is 12.8 Å². The molecule has 1 aliphatic rings. The maximum Gasteiger partial charge on any atom is 0.346 e. The van der Waals surface area contributed by atoms with E-state index in [9.17, 15) is 14.7 Å². The van der Waals surface area contributed by atoms with Gasteiger partial charge in [0.05, 0.1) is 0 Å². The van der Waals surface area contributed by atoms with E-state index < -0.39 is 23.5 Å². The molecule has 1 unspecified atom stereocenters. The van der Waals surface area contributed by atoms with E-state index in [2.05, 4.69) is 14.7 Å². The van der Waals surface area contributed by atoms with Crippen molar-refractivity contribution >= 4 is 11.9 Å². The Bertz CT molecular complexity index is 468. The Hall–Kier alpha value is -1.69. The molecule has 6 heteroatoms. The minimum Gasteiger partial charge on any atom is -0.391 e. The normalized spacial score (nSPS) is 28.5. The van der Waals surface area contributed by atoms with Gasteiger partial charge in [-0.05, 0) is 13.3 Å². The summed E-state index contributed by atoms with van der Waals surface area (Å²) in [6, 6.07) is 0. The number of hydrogen-bond acceptors (Lipinski definition) is 5. The standard InChI is InChI=1S/C11H14N2O4/c1-3-11(16)8(9(14)17-10(11)15)4-7-5-12-6(2)13-7/h5,8,16H,3-4H2,1-2H3,(H,12,13)/t8?,11-/m0/s1. The summed E-state index contributed by atoms with van der Waals surface area (Å²) >= 11 is 0. The van der Waals surface area contributed by atoms with Gasteiger partial charge in [0.15, 0.2) is 5.60 Å². The average molecular weight is 238 g/mol. The van der Waals surface area contributed by atoms with Crippen LogP contribution in [0.4, 0.5) is 0 Å².